The Hall–Kier alpha value is -0.750. The molecule has 0 bridgehead atoms. The highest BCUT2D eigenvalue weighted by Crippen LogP contribution is 2.43. The number of rotatable bonds is 4. The summed E-state index contributed by atoms with van der Waals surface area (Å²) in [6.45, 7) is 10.3. The summed E-state index contributed by atoms with van der Waals surface area (Å²) in [5, 5.41) is 0. The first-order valence-electron chi connectivity index (χ1n) is 9.89. The number of nitrogens with zero attached hydrogens (tertiary/aromatic N) is 3. The van der Waals surface area contributed by atoms with Crippen molar-refractivity contribution in [1.29, 1.82) is 0 Å². The summed E-state index contributed by atoms with van der Waals surface area (Å²) in [5.41, 5.74) is 0.0428. The van der Waals surface area contributed by atoms with Crippen molar-refractivity contribution in [1.82, 2.24) is 14.7 Å². The van der Waals surface area contributed by atoms with Crippen LogP contribution < -0.4 is 0 Å². The number of carbonyl (C=O) groups excluding carboxylic acids is 1. The van der Waals surface area contributed by atoms with Gasteiger partial charge in [-0.25, -0.2) is 8.78 Å². The predicted octanol–water partition coefficient (Wildman–Crippen LogP) is 2.69. The van der Waals surface area contributed by atoms with Crippen molar-refractivity contribution in [3.8, 4) is 0 Å². The van der Waals surface area contributed by atoms with Crippen molar-refractivity contribution in [3.63, 3.8) is 0 Å². The lowest BCUT2D eigenvalue weighted by molar-refractivity contribution is -0.134. The quantitative estimate of drug-likeness (QED) is 0.774. The topological polar surface area (TPSA) is 26.8 Å². The molecule has 6 heteroatoms. The number of hydrogen-bond donors (Lipinski definition) is 0. The molecule has 3 aliphatic rings. The molecule has 0 aromatic rings. The summed E-state index contributed by atoms with van der Waals surface area (Å²) >= 11 is 0. The van der Waals surface area contributed by atoms with Gasteiger partial charge in [0.15, 0.2) is 0 Å². The lowest BCUT2D eigenvalue weighted by Gasteiger charge is -2.42. The molecule has 3 saturated heterocycles. The Morgan fingerprint density at radius 3 is 2.48 bits per heavy atom. The van der Waals surface area contributed by atoms with Gasteiger partial charge in [0.1, 0.15) is 0 Å². The minimum Gasteiger partial charge on any atom is -0.342 e. The summed E-state index contributed by atoms with van der Waals surface area (Å²) in [6, 6.07) is -0.630. The third kappa shape index (κ3) is 3.85. The smallest absolute Gasteiger partial charge is 0.275 e. The minimum atomic E-state index is -2.63. The fourth-order valence-electron chi connectivity index (χ4n) is 5.01. The van der Waals surface area contributed by atoms with Crippen molar-refractivity contribution in [3.05, 3.63) is 0 Å². The van der Waals surface area contributed by atoms with E-state index in [1.807, 2.05) is 35.5 Å². The Morgan fingerprint density at radius 2 is 1.84 bits per heavy atom. The Kier molecular flexibility index (Phi) is 5.41. The molecule has 0 radical (unpaired) electrons. The number of likely N-dealkylation sites (tertiary alicyclic amines) is 3. The molecule has 2 atom stereocenters. The standard InChI is InChI=1S/C19H33F2N3O/c1-4-8-22-9-5-16(19(20,21)14-22)23-10-6-18(12-23)7-11-24(13-18)17(25)15(2)3/h15-16H,4-14H2,1-3H3. The maximum absolute atomic E-state index is 14.7. The molecular formula is C19H33F2N3O. The highest BCUT2D eigenvalue weighted by Gasteiger charge is 2.52. The third-order valence-electron chi connectivity index (χ3n) is 6.33. The monoisotopic (exact) mass is 357 g/mol. The summed E-state index contributed by atoms with van der Waals surface area (Å²) in [7, 11) is 0. The number of hydrogen-bond acceptors (Lipinski definition) is 3. The molecule has 3 fully saturated rings. The van der Waals surface area contributed by atoms with E-state index in [1.54, 1.807) is 0 Å². The average Bonchev–Trinajstić information content (AvgIpc) is 3.13. The van der Waals surface area contributed by atoms with Gasteiger partial charge < -0.3 is 4.90 Å². The van der Waals surface area contributed by atoms with E-state index < -0.39 is 12.0 Å². The van der Waals surface area contributed by atoms with Crippen LogP contribution in [0.2, 0.25) is 0 Å². The maximum Gasteiger partial charge on any atom is 0.275 e. The molecule has 2 unspecified atom stereocenters. The van der Waals surface area contributed by atoms with Crippen molar-refractivity contribution in [2.24, 2.45) is 11.3 Å². The molecule has 0 saturated carbocycles. The Balaban J connectivity index is 1.61. The van der Waals surface area contributed by atoms with Gasteiger partial charge in [-0.15, -0.1) is 0 Å². The fraction of sp³-hybridized carbons (Fsp3) is 0.947. The van der Waals surface area contributed by atoms with E-state index in [1.165, 1.54) is 0 Å². The molecule has 25 heavy (non-hydrogen) atoms. The molecule has 3 heterocycles. The van der Waals surface area contributed by atoms with Crippen LogP contribution in [0.4, 0.5) is 8.78 Å². The van der Waals surface area contributed by atoms with Crippen molar-refractivity contribution < 1.29 is 13.6 Å². The summed E-state index contributed by atoms with van der Waals surface area (Å²) in [5.74, 6) is -2.42. The lowest BCUT2D eigenvalue weighted by atomic mass is 9.86. The molecule has 1 amide bonds. The van der Waals surface area contributed by atoms with Crippen molar-refractivity contribution in [2.45, 2.75) is 58.4 Å². The number of piperidine rings is 1. The normalized spacial score (nSPS) is 33.7. The first-order valence-corrected chi connectivity index (χ1v) is 9.89. The second-order valence-corrected chi connectivity index (χ2v) is 8.73. The van der Waals surface area contributed by atoms with Crippen LogP contribution in [0.15, 0.2) is 0 Å². The lowest BCUT2D eigenvalue weighted by Crippen LogP contribution is -2.58. The molecule has 4 nitrogen and oxygen atoms in total. The Labute approximate surface area is 150 Å². The zero-order valence-electron chi connectivity index (χ0n) is 15.9. The minimum absolute atomic E-state index is 0.0138. The van der Waals surface area contributed by atoms with E-state index in [9.17, 15) is 13.6 Å². The van der Waals surface area contributed by atoms with Crippen LogP contribution in [0.1, 0.15) is 46.5 Å². The van der Waals surface area contributed by atoms with Crippen LogP contribution in [-0.4, -0.2) is 78.4 Å². The van der Waals surface area contributed by atoms with E-state index in [0.29, 0.717) is 6.42 Å². The largest absolute Gasteiger partial charge is 0.342 e. The van der Waals surface area contributed by atoms with Crippen LogP contribution in [0.3, 0.4) is 0 Å². The van der Waals surface area contributed by atoms with Gasteiger partial charge in [-0.05, 0) is 38.8 Å². The fourth-order valence-corrected chi connectivity index (χ4v) is 5.01. The van der Waals surface area contributed by atoms with Crippen LogP contribution in [0.25, 0.3) is 0 Å². The molecule has 1 spiro atoms. The SMILES string of the molecule is CCCN1CCC(N2CCC3(CCN(C(=O)C(C)C)C3)C2)C(F)(F)C1. The summed E-state index contributed by atoms with van der Waals surface area (Å²) < 4.78 is 29.5. The van der Waals surface area contributed by atoms with E-state index in [0.717, 1.165) is 58.5 Å². The molecule has 0 N–H and O–H groups in total. The zero-order valence-corrected chi connectivity index (χ0v) is 15.9. The summed E-state index contributed by atoms with van der Waals surface area (Å²) in [4.78, 5) is 18.1. The van der Waals surface area contributed by atoms with Gasteiger partial charge in [0, 0.05) is 37.5 Å². The second-order valence-electron chi connectivity index (χ2n) is 8.73. The zero-order chi connectivity index (χ0) is 18.2. The Bertz CT molecular complexity index is 499. The molecule has 144 valence electrons. The Morgan fingerprint density at radius 1 is 1.12 bits per heavy atom. The van der Waals surface area contributed by atoms with Crippen LogP contribution >= 0.6 is 0 Å². The van der Waals surface area contributed by atoms with Crippen LogP contribution in [0.5, 0.6) is 0 Å². The predicted molar refractivity (Wildman–Crippen MR) is 94.7 cm³/mol. The number of alkyl halides is 2. The number of halogens is 2. The maximum atomic E-state index is 14.7. The van der Waals surface area contributed by atoms with Gasteiger partial charge in [-0.1, -0.05) is 20.8 Å². The van der Waals surface area contributed by atoms with Gasteiger partial charge in [0.25, 0.3) is 5.92 Å². The average molecular weight is 357 g/mol. The van der Waals surface area contributed by atoms with E-state index in [4.69, 9.17) is 0 Å². The molecule has 0 aliphatic carbocycles. The van der Waals surface area contributed by atoms with E-state index >= 15 is 0 Å². The van der Waals surface area contributed by atoms with Gasteiger partial charge in [-0.3, -0.25) is 14.6 Å². The van der Waals surface area contributed by atoms with Crippen LogP contribution in [-0.2, 0) is 4.79 Å². The number of amides is 1. The first kappa shape index (κ1) is 19.0. The van der Waals surface area contributed by atoms with Gasteiger partial charge >= 0.3 is 0 Å². The van der Waals surface area contributed by atoms with Crippen molar-refractivity contribution in [2.75, 3.05) is 45.8 Å². The highest BCUT2D eigenvalue weighted by atomic mass is 19.3. The van der Waals surface area contributed by atoms with E-state index in [2.05, 4.69) is 0 Å². The van der Waals surface area contributed by atoms with E-state index in [-0.39, 0.29) is 23.8 Å². The first-order chi connectivity index (χ1) is 11.8. The van der Waals surface area contributed by atoms with Gasteiger partial charge in [-0.2, -0.15) is 0 Å². The molecule has 3 rings (SSSR count). The van der Waals surface area contributed by atoms with Crippen molar-refractivity contribution >= 4 is 5.91 Å². The number of carbonyl (C=O) groups is 1. The van der Waals surface area contributed by atoms with Gasteiger partial charge in [0.2, 0.25) is 5.91 Å². The van der Waals surface area contributed by atoms with Gasteiger partial charge in [0.05, 0.1) is 12.6 Å². The molecule has 0 aromatic carbocycles. The molecule has 0 aromatic heterocycles. The highest BCUT2D eigenvalue weighted by molar-refractivity contribution is 5.78. The summed E-state index contributed by atoms with van der Waals surface area (Å²) in [6.07, 6.45) is 3.38. The third-order valence-corrected chi connectivity index (χ3v) is 6.33. The molecule has 3 aliphatic heterocycles. The molecular weight excluding hydrogens is 324 g/mol. The second kappa shape index (κ2) is 7.10. The van der Waals surface area contributed by atoms with Crippen LogP contribution in [0, 0.1) is 11.3 Å².